The molecule has 1 aromatic rings. The third kappa shape index (κ3) is 4.21. The molecule has 0 heterocycles. The number of nitrogens with two attached hydrogens (primary N) is 3. The van der Waals surface area contributed by atoms with Crippen LogP contribution in [0, 0.1) is 0 Å². The largest absolute Gasteiger partial charge is 0.425 e. The third-order valence-electron chi connectivity index (χ3n) is 2.94. The molecule has 0 spiro atoms. The van der Waals surface area contributed by atoms with Gasteiger partial charge in [0, 0.05) is 6.42 Å². The van der Waals surface area contributed by atoms with Crippen LogP contribution in [0.25, 0.3) is 0 Å². The first-order chi connectivity index (χ1) is 10.3. The summed E-state index contributed by atoms with van der Waals surface area (Å²) in [4.78, 5) is 34.4. The molecule has 8 nitrogen and oxygen atoms in total. The summed E-state index contributed by atoms with van der Waals surface area (Å²) in [5.74, 6) is 3.49. The summed E-state index contributed by atoms with van der Waals surface area (Å²) in [6.07, 6.45) is 1.69. The average molecular weight is 306 g/mol. The van der Waals surface area contributed by atoms with Crippen molar-refractivity contribution < 1.29 is 19.1 Å². The van der Waals surface area contributed by atoms with Gasteiger partial charge in [-0.2, -0.15) is 5.10 Å². The van der Waals surface area contributed by atoms with E-state index < -0.39 is 23.3 Å². The molecule has 0 radical (unpaired) electrons. The van der Waals surface area contributed by atoms with E-state index in [0.717, 1.165) is 0 Å². The molecule has 2 atom stereocenters. The number of nitrogens with zero attached hydrogens (tertiary/aromatic N) is 1. The molecule has 0 aromatic heterocycles. The molecule has 0 aliphatic rings. The molecule has 0 saturated heterocycles. The smallest absolute Gasteiger partial charge is 0.339 e. The Morgan fingerprint density at radius 1 is 1.36 bits per heavy atom. The van der Waals surface area contributed by atoms with Gasteiger partial charge in [-0.15, -0.1) is 0 Å². The lowest BCUT2D eigenvalue weighted by atomic mass is 9.91. The summed E-state index contributed by atoms with van der Waals surface area (Å²) >= 11 is 0. The van der Waals surface area contributed by atoms with Crippen molar-refractivity contribution in [2.45, 2.75) is 24.9 Å². The van der Waals surface area contributed by atoms with Gasteiger partial charge in [-0.25, -0.2) is 4.79 Å². The fraction of sp³-hybridized carbons (Fsp3) is 0.286. The molecule has 0 saturated carbocycles. The van der Waals surface area contributed by atoms with Crippen molar-refractivity contribution in [3.05, 3.63) is 29.8 Å². The van der Waals surface area contributed by atoms with Crippen molar-refractivity contribution in [2.75, 3.05) is 0 Å². The number of rotatable bonds is 7. The van der Waals surface area contributed by atoms with Gasteiger partial charge in [-0.1, -0.05) is 0 Å². The summed E-state index contributed by atoms with van der Waals surface area (Å²) in [6.45, 7) is 1.19. The summed E-state index contributed by atoms with van der Waals surface area (Å²) in [5.41, 5.74) is 9.97. The van der Waals surface area contributed by atoms with Crippen LogP contribution in [0.4, 0.5) is 0 Å². The van der Waals surface area contributed by atoms with Crippen molar-refractivity contribution in [1.82, 2.24) is 0 Å². The minimum Gasteiger partial charge on any atom is -0.425 e. The molecule has 0 fully saturated rings. The molecule has 8 heteroatoms. The third-order valence-corrected chi connectivity index (χ3v) is 2.94. The fourth-order valence-corrected chi connectivity index (χ4v) is 1.62. The highest BCUT2D eigenvalue weighted by Crippen LogP contribution is 2.15. The number of benzene rings is 1. The number of esters is 1. The van der Waals surface area contributed by atoms with E-state index in [4.69, 9.17) is 22.0 Å². The molecule has 0 aliphatic carbocycles. The van der Waals surface area contributed by atoms with Crippen LogP contribution >= 0.6 is 0 Å². The summed E-state index contributed by atoms with van der Waals surface area (Å²) < 4.78 is 5.06. The van der Waals surface area contributed by atoms with E-state index in [0.29, 0.717) is 11.8 Å². The summed E-state index contributed by atoms with van der Waals surface area (Å²) in [6, 6.07) is 5.09. The number of carbonyl (C=O) groups is 3. The van der Waals surface area contributed by atoms with Gasteiger partial charge < -0.3 is 26.8 Å². The molecule has 1 aromatic carbocycles. The molecular weight excluding hydrogens is 288 g/mol. The predicted octanol–water partition coefficient (Wildman–Crippen LogP) is -0.913. The number of hydrazone groups is 1. The Kier molecular flexibility index (Phi) is 5.90. The van der Waals surface area contributed by atoms with E-state index >= 15 is 0 Å². The lowest BCUT2D eigenvalue weighted by molar-refractivity contribution is -0.146. The molecule has 0 bridgehead atoms. The number of ketones is 1. The topological polar surface area (TPSA) is 151 Å². The summed E-state index contributed by atoms with van der Waals surface area (Å²) in [7, 11) is 0. The molecule has 6 N–H and O–H groups in total. The number of aldehydes is 1. The first-order valence-corrected chi connectivity index (χ1v) is 6.41. The second-order valence-electron chi connectivity index (χ2n) is 4.81. The Morgan fingerprint density at radius 3 is 2.45 bits per heavy atom. The van der Waals surface area contributed by atoms with Gasteiger partial charge in [-0.3, -0.25) is 4.79 Å². The highest BCUT2D eigenvalue weighted by atomic mass is 16.5. The Morgan fingerprint density at radius 2 is 1.95 bits per heavy atom. The average Bonchev–Trinajstić information content (AvgIpc) is 2.48. The van der Waals surface area contributed by atoms with Crippen LogP contribution in [0.3, 0.4) is 0 Å². The Hall–Kier alpha value is -2.58. The number of carbonyl (C=O) groups excluding carboxylic acids is 3. The zero-order chi connectivity index (χ0) is 16.8. The van der Waals surface area contributed by atoms with Gasteiger partial charge in [0.1, 0.15) is 12.0 Å². The minimum absolute atomic E-state index is 0.201. The van der Waals surface area contributed by atoms with Crippen LogP contribution in [-0.4, -0.2) is 35.8 Å². The highest BCUT2D eigenvalue weighted by molar-refractivity contribution is 6.11. The normalized spacial score (nSPS) is 15.0. The first kappa shape index (κ1) is 17.5. The van der Waals surface area contributed by atoms with E-state index in [1.165, 1.54) is 25.3 Å². The minimum atomic E-state index is -1.94. The number of Topliss-reactive ketones (excluding diaryl/α,β-unsaturated/α-hetero) is 1. The lowest BCUT2D eigenvalue weighted by Crippen LogP contribution is -2.59. The van der Waals surface area contributed by atoms with Gasteiger partial charge in [0.15, 0.2) is 11.3 Å². The Bertz CT molecular complexity index is 581. The van der Waals surface area contributed by atoms with Crippen molar-refractivity contribution in [3.63, 3.8) is 0 Å². The molecule has 0 amide bonds. The second-order valence-corrected chi connectivity index (χ2v) is 4.81. The van der Waals surface area contributed by atoms with Crippen LogP contribution in [0.2, 0.25) is 0 Å². The fourth-order valence-electron chi connectivity index (χ4n) is 1.62. The van der Waals surface area contributed by atoms with Crippen LogP contribution in [0.5, 0.6) is 5.75 Å². The maximum absolute atomic E-state index is 12.0. The molecule has 1 rings (SSSR count). The molecule has 22 heavy (non-hydrogen) atoms. The molecule has 2 unspecified atom stereocenters. The molecule has 118 valence electrons. The van der Waals surface area contributed by atoms with Gasteiger partial charge in [0.25, 0.3) is 0 Å². The van der Waals surface area contributed by atoms with Crippen molar-refractivity contribution >= 4 is 24.3 Å². The number of ether oxygens (including phenoxy) is 1. The van der Waals surface area contributed by atoms with Crippen LogP contribution < -0.4 is 22.0 Å². The van der Waals surface area contributed by atoms with E-state index in [1.54, 1.807) is 12.1 Å². The zero-order valence-corrected chi connectivity index (χ0v) is 12.1. The van der Waals surface area contributed by atoms with Gasteiger partial charge in [0.05, 0.1) is 12.3 Å². The standard InChI is InChI=1S/C14H18N4O4/c1-14(16,12(20)11(15)6-7-19)13(21)22-10-4-2-9(3-5-10)8-18-17/h2-5,7-8,11H,6,15-17H2,1H3. The van der Waals surface area contributed by atoms with Crippen molar-refractivity contribution in [1.29, 1.82) is 0 Å². The summed E-state index contributed by atoms with van der Waals surface area (Å²) in [5, 5.41) is 3.36. The quantitative estimate of drug-likeness (QED) is 0.112. The van der Waals surface area contributed by atoms with Crippen molar-refractivity contribution in [3.8, 4) is 5.75 Å². The van der Waals surface area contributed by atoms with Gasteiger partial charge in [0.2, 0.25) is 0 Å². The number of hydrogen-bond donors (Lipinski definition) is 3. The van der Waals surface area contributed by atoms with E-state index in [9.17, 15) is 14.4 Å². The van der Waals surface area contributed by atoms with Crippen LogP contribution in [-0.2, 0) is 14.4 Å². The lowest BCUT2D eigenvalue weighted by Gasteiger charge is -2.23. The van der Waals surface area contributed by atoms with Gasteiger partial charge in [-0.05, 0) is 36.8 Å². The van der Waals surface area contributed by atoms with E-state index in [2.05, 4.69) is 5.10 Å². The second kappa shape index (κ2) is 7.43. The van der Waals surface area contributed by atoms with E-state index in [-0.39, 0.29) is 12.2 Å². The predicted molar refractivity (Wildman–Crippen MR) is 80.1 cm³/mol. The van der Waals surface area contributed by atoms with Crippen molar-refractivity contribution in [2.24, 2.45) is 22.4 Å². The van der Waals surface area contributed by atoms with Gasteiger partial charge >= 0.3 is 5.97 Å². The molecule has 0 aliphatic heterocycles. The van der Waals surface area contributed by atoms with Crippen LogP contribution in [0.1, 0.15) is 18.9 Å². The zero-order valence-electron chi connectivity index (χ0n) is 12.1. The maximum atomic E-state index is 12.0. The Labute approximate surface area is 127 Å². The number of hydrogen-bond acceptors (Lipinski definition) is 8. The first-order valence-electron chi connectivity index (χ1n) is 6.41. The monoisotopic (exact) mass is 306 g/mol. The van der Waals surface area contributed by atoms with Crippen LogP contribution in [0.15, 0.2) is 29.4 Å². The van der Waals surface area contributed by atoms with E-state index in [1.807, 2.05) is 0 Å². The Balaban J connectivity index is 2.81. The highest BCUT2D eigenvalue weighted by Gasteiger charge is 2.41. The SMILES string of the molecule is CC(N)(C(=O)Oc1ccc(C=NN)cc1)C(=O)C(N)CC=O. The molecular formula is C14H18N4O4. The maximum Gasteiger partial charge on any atom is 0.339 e.